The van der Waals surface area contributed by atoms with Gasteiger partial charge in [0.2, 0.25) is 0 Å². The van der Waals surface area contributed by atoms with Crippen LogP contribution in [0, 0.1) is 0 Å². The zero-order valence-electron chi connectivity index (χ0n) is 8.30. The second-order valence-electron chi connectivity index (χ2n) is 2.88. The van der Waals surface area contributed by atoms with Crippen LogP contribution in [0.3, 0.4) is 0 Å². The molecule has 0 aliphatic carbocycles. The van der Waals surface area contributed by atoms with Crippen molar-refractivity contribution in [3.63, 3.8) is 0 Å². The number of methoxy groups -OCH3 is 1. The third kappa shape index (κ3) is 6.31. The first-order valence-electron chi connectivity index (χ1n) is 4.41. The zero-order chi connectivity index (χ0) is 9.40. The van der Waals surface area contributed by atoms with Crippen molar-refractivity contribution < 1.29 is 9.53 Å². The number of ether oxygens (including phenoxy) is 1. The highest BCUT2D eigenvalue weighted by Crippen LogP contribution is 1.91. The summed E-state index contributed by atoms with van der Waals surface area (Å²) in [7, 11) is 1.69. The lowest BCUT2D eigenvalue weighted by molar-refractivity contribution is -0.117. The molecule has 0 aromatic rings. The van der Waals surface area contributed by atoms with Gasteiger partial charge in [-0.1, -0.05) is 6.92 Å². The van der Waals surface area contributed by atoms with Gasteiger partial charge in [-0.2, -0.15) is 0 Å². The average molecular weight is 173 g/mol. The lowest BCUT2D eigenvalue weighted by atomic mass is 10.3. The van der Waals surface area contributed by atoms with Gasteiger partial charge in [0.1, 0.15) is 5.78 Å². The lowest BCUT2D eigenvalue weighted by Gasteiger charge is -2.18. The summed E-state index contributed by atoms with van der Waals surface area (Å²) in [5.41, 5.74) is 0. The fourth-order valence-corrected chi connectivity index (χ4v) is 0.964. The maximum absolute atomic E-state index is 10.7. The van der Waals surface area contributed by atoms with Crippen molar-refractivity contribution in [3.8, 4) is 0 Å². The van der Waals surface area contributed by atoms with Gasteiger partial charge < -0.3 is 9.64 Å². The Hall–Kier alpha value is -0.410. The normalized spacial score (nSPS) is 10.7. The van der Waals surface area contributed by atoms with E-state index >= 15 is 0 Å². The minimum absolute atomic E-state index is 0.255. The van der Waals surface area contributed by atoms with Crippen LogP contribution in [0.25, 0.3) is 0 Å². The number of likely N-dealkylation sites (N-methyl/N-ethyl adjacent to an activating group) is 1. The predicted octanol–water partition coefficient (Wildman–Crippen LogP) is 0.934. The summed E-state index contributed by atoms with van der Waals surface area (Å²) in [6.45, 7) is 7.22. The minimum atomic E-state index is 0.255. The highest BCUT2D eigenvalue weighted by molar-refractivity contribution is 5.75. The van der Waals surface area contributed by atoms with E-state index in [1.54, 1.807) is 14.0 Å². The summed E-state index contributed by atoms with van der Waals surface area (Å²) in [6.07, 6.45) is 0.650. The van der Waals surface area contributed by atoms with Gasteiger partial charge in [-0.3, -0.25) is 4.79 Å². The van der Waals surface area contributed by atoms with Crippen molar-refractivity contribution in [1.29, 1.82) is 0 Å². The number of nitrogens with zero attached hydrogens (tertiary/aromatic N) is 1. The molecule has 0 rings (SSSR count). The fourth-order valence-electron chi connectivity index (χ4n) is 0.964. The molecular weight excluding hydrogens is 154 g/mol. The van der Waals surface area contributed by atoms with E-state index < -0.39 is 0 Å². The van der Waals surface area contributed by atoms with E-state index in [1.807, 2.05) is 0 Å². The molecule has 0 heterocycles. The smallest absolute Gasteiger partial charge is 0.131 e. The Morgan fingerprint density at radius 1 is 1.42 bits per heavy atom. The fraction of sp³-hybridized carbons (Fsp3) is 0.889. The molecule has 3 nitrogen and oxygen atoms in total. The largest absolute Gasteiger partial charge is 0.383 e. The second-order valence-corrected chi connectivity index (χ2v) is 2.88. The van der Waals surface area contributed by atoms with Gasteiger partial charge in [-0.05, 0) is 13.5 Å². The van der Waals surface area contributed by atoms with Crippen molar-refractivity contribution in [2.75, 3.05) is 33.4 Å². The molecule has 0 radical (unpaired) electrons. The van der Waals surface area contributed by atoms with Crippen molar-refractivity contribution in [2.45, 2.75) is 20.3 Å². The molecule has 0 amide bonds. The summed E-state index contributed by atoms with van der Waals surface area (Å²) in [4.78, 5) is 12.9. The molecule has 0 aromatic carbocycles. The third-order valence-electron chi connectivity index (χ3n) is 1.84. The first-order valence-corrected chi connectivity index (χ1v) is 4.41. The number of hydrogen-bond donors (Lipinski definition) is 0. The van der Waals surface area contributed by atoms with Crippen molar-refractivity contribution in [3.05, 3.63) is 0 Å². The molecule has 0 bridgehead atoms. The Bertz CT molecular complexity index is 126. The number of hydrogen-bond acceptors (Lipinski definition) is 3. The van der Waals surface area contributed by atoms with Gasteiger partial charge in [0.25, 0.3) is 0 Å². The first-order chi connectivity index (χ1) is 5.70. The Labute approximate surface area is 74.7 Å². The van der Waals surface area contributed by atoms with E-state index in [0.29, 0.717) is 6.42 Å². The van der Waals surface area contributed by atoms with Crippen LogP contribution in [0.1, 0.15) is 20.3 Å². The maximum atomic E-state index is 10.7. The molecule has 0 unspecified atom stereocenters. The standard InChI is InChI=1S/C9H19NO2/c1-4-10(7-8-12-3)6-5-9(2)11/h4-8H2,1-3H3. The molecule has 0 fully saturated rings. The van der Waals surface area contributed by atoms with Crippen molar-refractivity contribution in [2.24, 2.45) is 0 Å². The molecule has 0 aliphatic rings. The molecular formula is C9H19NO2. The van der Waals surface area contributed by atoms with Crippen LogP contribution in [0.15, 0.2) is 0 Å². The highest BCUT2D eigenvalue weighted by atomic mass is 16.5. The van der Waals surface area contributed by atoms with E-state index in [9.17, 15) is 4.79 Å². The van der Waals surface area contributed by atoms with Crippen LogP contribution < -0.4 is 0 Å². The number of rotatable bonds is 7. The van der Waals surface area contributed by atoms with E-state index in [1.165, 1.54) is 0 Å². The quantitative estimate of drug-likeness (QED) is 0.573. The topological polar surface area (TPSA) is 29.5 Å². The van der Waals surface area contributed by atoms with Gasteiger partial charge in [0, 0.05) is 26.6 Å². The number of Topliss-reactive ketones (excluding diaryl/α,β-unsaturated/α-hetero) is 1. The van der Waals surface area contributed by atoms with E-state index in [-0.39, 0.29) is 5.78 Å². The Balaban J connectivity index is 3.45. The molecule has 0 saturated carbocycles. The summed E-state index contributed by atoms with van der Waals surface area (Å²) in [6, 6.07) is 0. The maximum Gasteiger partial charge on any atom is 0.131 e. The molecule has 0 atom stereocenters. The van der Waals surface area contributed by atoms with E-state index in [4.69, 9.17) is 4.74 Å². The number of carbonyl (C=O) groups is 1. The minimum Gasteiger partial charge on any atom is -0.383 e. The molecule has 3 heteroatoms. The summed E-state index contributed by atoms with van der Waals surface area (Å²) in [5.74, 6) is 0.255. The van der Waals surface area contributed by atoms with Gasteiger partial charge in [-0.25, -0.2) is 0 Å². The number of carbonyl (C=O) groups excluding carboxylic acids is 1. The average Bonchev–Trinajstić information content (AvgIpc) is 2.05. The van der Waals surface area contributed by atoms with E-state index in [0.717, 1.165) is 26.2 Å². The SMILES string of the molecule is CCN(CCOC)CCC(C)=O. The second kappa shape index (κ2) is 7.25. The summed E-state index contributed by atoms with van der Waals surface area (Å²) < 4.78 is 4.95. The number of ketones is 1. The van der Waals surface area contributed by atoms with E-state index in [2.05, 4.69) is 11.8 Å². The van der Waals surface area contributed by atoms with Crippen molar-refractivity contribution in [1.82, 2.24) is 4.90 Å². The Kier molecular flexibility index (Phi) is 7.00. The van der Waals surface area contributed by atoms with Crippen LogP contribution in [0.2, 0.25) is 0 Å². The van der Waals surface area contributed by atoms with Crippen LogP contribution >= 0.6 is 0 Å². The monoisotopic (exact) mass is 173 g/mol. The van der Waals surface area contributed by atoms with Crippen molar-refractivity contribution >= 4 is 5.78 Å². The molecule has 72 valence electrons. The first kappa shape index (κ1) is 11.6. The van der Waals surface area contributed by atoms with Gasteiger partial charge in [0.05, 0.1) is 6.61 Å². The van der Waals surface area contributed by atoms with Gasteiger partial charge >= 0.3 is 0 Å². The molecule has 0 aliphatic heterocycles. The molecule has 0 aromatic heterocycles. The molecule has 0 saturated heterocycles. The zero-order valence-corrected chi connectivity index (χ0v) is 8.30. The Morgan fingerprint density at radius 2 is 2.08 bits per heavy atom. The molecule has 0 spiro atoms. The highest BCUT2D eigenvalue weighted by Gasteiger charge is 2.02. The van der Waals surface area contributed by atoms with Gasteiger partial charge in [-0.15, -0.1) is 0 Å². The molecule has 0 N–H and O–H groups in total. The lowest BCUT2D eigenvalue weighted by Crippen LogP contribution is -2.29. The van der Waals surface area contributed by atoms with Gasteiger partial charge in [0.15, 0.2) is 0 Å². The summed E-state index contributed by atoms with van der Waals surface area (Å²) in [5, 5.41) is 0. The van der Waals surface area contributed by atoms with Crippen LogP contribution in [-0.2, 0) is 9.53 Å². The molecule has 12 heavy (non-hydrogen) atoms. The van der Waals surface area contributed by atoms with Crippen LogP contribution in [-0.4, -0.2) is 44.0 Å². The van der Waals surface area contributed by atoms with Crippen LogP contribution in [0.5, 0.6) is 0 Å². The Morgan fingerprint density at radius 3 is 2.50 bits per heavy atom. The predicted molar refractivity (Wildman–Crippen MR) is 49.3 cm³/mol. The summed E-state index contributed by atoms with van der Waals surface area (Å²) >= 11 is 0. The third-order valence-corrected chi connectivity index (χ3v) is 1.84. The van der Waals surface area contributed by atoms with Crippen LogP contribution in [0.4, 0.5) is 0 Å².